The van der Waals surface area contributed by atoms with E-state index in [9.17, 15) is 4.79 Å². The van der Waals surface area contributed by atoms with Gasteiger partial charge in [0.2, 0.25) is 0 Å². The van der Waals surface area contributed by atoms with E-state index in [0.29, 0.717) is 18.5 Å². The second kappa shape index (κ2) is 4.46. The minimum atomic E-state index is 0.0998. The van der Waals surface area contributed by atoms with Crippen molar-refractivity contribution in [1.82, 2.24) is 9.55 Å². The molecule has 3 nitrogen and oxygen atoms in total. The summed E-state index contributed by atoms with van der Waals surface area (Å²) >= 11 is 0. The Morgan fingerprint density at radius 3 is 3.00 bits per heavy atom. The van der Waals surface area contributed by atoms with Crippen LogP contribution in [0.2, 0.25) is 0 Å². The number of imidazole rings is 1. The van der Waals surface area contributed by atoms with Crippen molar-refractivity contribution in [1.29, 1.82) is 0 Å². The van der Waals surface area contributed by atoms with Gasteiger partial charge in [-0.1, -0.05) is 0 Å². The van der Waals surface area contributed by atoms with Crippen LogP contribution in [-0.2, 0) is 7.05 Å². The van der Waals surface area contributed by atoms with Crippen LogP contribution in [0.4, 0.5) is 0 Å². The van der Waals surface area contributed by atoms with Gasteiger partial charge in [-0.15, -0.1) is 11.8 Å². The van der Waals surface area contributed by atoms with Crippen molar-refractivity contribution in [2.24, 2.45) is 7.05 Å². The average Bonchev–Trinajstić information content (AvgIpc) is 2.52. The van der Waals surface area contributed by atoms with Gasteiger partial charge in [-0.2, -0.15) is 0 Å². The summed E-state index contributed by atoms with van der Waals surface area (Å²) in [6.45, 7) is 1.77. The molecule has 0 fully saturated rings. The maximum atomic E-state index is 11.5. The summed E-state index contributed by atoms with van der Waals surface area (Å²) in [6.07, 6.45) is 4.31. The second-order valence-electron chi connectivity index (χ2n) is 2.74. The van der Waals surface area contributed by atoms with E-state index < -0.39 is 0 Å². The van der Waals surface area contributed by atoms with E-state index in [-0.39, 0.29) is 5.78 Å². The lowest BCUT2D eigenvalue weighted by Gasteiger charge is -1.97. The first kappa shape index (κ1) is 9.53. The molecule has 0 atom stereocenters. The Balaban J connectivity index is 2.57. The summed E-state index contributed by atoms with van der Waals surface area (Å²) in [5, 5.41) is 0. The van der Waals surface area contributed by atoms with Gasteiger partial charge in [0.1, 0.15) is 5.69 Å². The molecular weight excluding hydrogens is 164 g/mol. The molecule has 0 aliphatic carbocycles. The highest BCUT2D eigenvalue weighted by molar-refractivity contribution is 5.94. The zero-order chi connectivity index (χ0) is 9.68. The fraction of sp³-hybridized carbons (Fsp3) is 0.400. The molecule has 0 aromatic carbocycles. The van der Waals surface area contributed by atoms with Gasteiger partial charge in [-0.05, 0) is 6.92 Å². The number of nitrogens with zero attached hydrogens (tertiary/aromatic N) is 2. The minimum absolute atomic E-state index is 0.0998. The highest BCUT2D eigenvalue weighted by Crippen LogP contribution is 2.02. The van der Waals surface area contributed by atoms with E-state index in [1.165, 1.54) is 0 Å². The Morgan fingerprint density at radius 2 is 2.46 bits per heavy atom. The molecule has 0 aliphatic rings. The van der Waals surface area contributed by atoms with Crippen LogP contribution >= 0.6 is 0 Å². The van der Waals surface area contributed by atoms with Crippen molar-refractivity contribution in [3.05, 3.63) is 18.2 Å². The molecular formula is C10H12N2O. The predicted octanol–water partition coefficient (Wildman–Crippen LogP) is 1.41. The van der Waals surface area contributed by atoms with Crippen molar-refractivity contribution in [3.8, 4) is 11.8 Å². The Labute approximate surface area is 77.8 Å². The number of Topliss-reactive ketones (excluding diaryl/α,β-unsaturated/α-hetero) is 1. The number of hydrogen-bond acceptors (Lipinski definition) is 2. The monoisotopic (exact) mass is 176 g/mol. The number of carbonyl (C=O) groups excluding carboxylic acids is 1. The molecule has 1 rings (SSSR count). The van der Waals surface area contributed by atoms with Gasteiger partial charge in [0.05, 0.1) is 12.5 Å². The van der Waals surface area contributed by atoms with Crippen LogP contribution in [0.3, 0.4) is 0 Å². The minimum Gasteiger partial charge on any atom is -0.331 e. The molecule has 0 aliphatic heterocycles. The van der Waals surface area contributed by atoms with Crippen LogP contribution in [0.25, 0.3) is 0 Å². The fourth-order valence-corrected chi connectivity index (χ4v) is 1.05. The van der Waals surface area contributed by atoms with Gasteiger partial charge in [0, 0.05) is 19.9 Å². The topological polar surface area (TPSA) is 34.9 Å². The maximum Gasteiger partial charge on any atom is 0.181 e. The largest absolute Gasteiger partial charge is 0.331 e. The van der Waals surface area contributed by atoms with Gasteiger partial charge in [0.15, 0.2) is 5.78 Å². The fourth-order valence-electron chi connectivity index (χ4n) is 1.05. The van der Waals surface area contributed by atoms with E-state index in [1.807, 2.05) is 7.05 Å². The van der Waals surface area contributed by atoms with Crippen LogP contribution in [-0.4, -0.2) is 15.3 Å². The zero-order valence-electron chi connectivity index (χ0n) is 7.87. The maximum absolute atomic E-state index is 11.5. The van der Waals surface area contributed by atoms with Crippen LogP contribution < -0.4 is 0 Å². The molecule has 0 N–H and O–H groups in total. The van der Waals surface area contributed by atoms with Gasteiger partial charge in [0.25, 0.3) is 0 Å². The molecule has 0 radical (unpaired) electrons. The Bertz CT molecular complexity index is 354. The molecule has 0 amide bonds. The predicted molar refractivity (Wildman–Crippen MR) is 50.2 cm³/mol. The molecule has 0 saturated carbocycles. The molecule has 1 aromatic rings. The highest BCUT2D eigenvalue weighted by atomic mass is 16.1. The van der Waals surface area contributed by atoms with Gasteiger partial charge < -0.3 is 4.57 Å². The second-order valence-corrected chi connectivity index (χ2v) is 2.74. The summed E-state index contributed by atoms with van der Waals surface area (Å²) in [5.74, 6) is 5.72. The van der Waals surface area contributed by atoms with Gasteiger partial charge in [-0.25, -0.2) is 4.98 Å². The van der Waals surface area contributed by atoms with Crippen LogP contribution in [0, 0.1) is 11.8 Å². The summed E-state index contributed by atoms with van der Waals surface area (Å²) in [6, 6.07) is 0. The first-order valence-electron chi connectivity index (χ1n) is 4.15. The third kappa shape index (κ3) is 2.45. The first-order valence-corrected chi connectivity index (χ1v) is 4.15. The number of carbonyl (C=O) groups is 1. The third-order valence-corrected chi connectivity index (χ3v) is 1.76. The highest BCUT2D eigenvalue weighted by Gasteiger charge is 2.07. The molecule has 13 heavy (non-hydrogen) atoms. The summed E-state index contributed by atoms with van der Waals surface area (Å²) in [4.78, 5) is 15.3. The van der Waals surface area contributed by atoms with Crippen molar-refractivity contribution >= 4 is 5.78 Å². The number of ketones is 1. The average molecular weight is 176 g/mol. The molecule has 0 unspecified atom stereocenters. The molecule has 3 heteroatoms. The number of aromatic nitrogens is 2. The van der Waals surface area contributed by atoms with E-state index >= 15 is 0 Å². The zero-order valence-corrected chi connectivity index (χ0v) is 7.87. The van der Waals surface area contributed by atoms with Gasteiger partial charge >= 0.3 is 0 Å². The normalized spacial score (nSPS) is 9.08. The van der Waals surface area contributed by atoms with Crippen LogP contribution in [0.1, 0.15) is 30.3 Å². The van der Waals surface area contributed by atoms with E-state index in [2.05, 4.69) is 16.8 Å². The SMILES string of the molecule is CC#CCCC(=O)c1cncn1C. The van der Waals surface area contributed by atoms with Crippen molar-refractivity contribution in [2.45, 2.75) is 19.8 Å². The molecule has 0 spiro atoms. The molecule has 1 heterocycles. The van der Waals surface area contributed by atoms with Crippen molar-refractivity contribution in [3.63, 3.8) is 0 Å². The summed E-state index contributed by atoms with van der Waals surface area (Å²) < 4.78 is 1.72. The standard InChI is InChI=1S/C10H12N2O/c1-3-4-5-6-10(13)9-7-11-8-12(9)2/h7-8H,5-6H2,1-2H3. The molecule has 0 saturated heterocycles. The quantitative estimate of drug-likeness (QED) is 0.515. The van der Waals surface area contributed by atoms with E-state index in [4.69, 9.17) is 0 Å². The van der Waals surface area contributed by atoms with E-state index in [1.54, 1.807) is 24.0 Å². The van der Waals surface area contributed by atoms with Crippen molar-refractivity contribution < 1.29 is 4.79 Å². The lowest BCUT2D eigenvalue weighted by Crippen LogP contribution is -2.04. The Hall–Kier alpha value is -1.56. The summed E-state index contributed by atoms with van der Waals surface area (Å²) in [7, 11) is 1.81. The van der Waals surface area contributed by atoms with Crippen molar-refractivity contribution in [2.75, 3.05) is 0 Å². The lowest BCUT2D eigenvalue weighted by atomic mass is 10.2. The molecule has 1 aromatic heterocycles. The van der Waals surface area contributed by atoms with Gasteiger partial charge in [-0.3, -0.25) is 4.79 Å². The lowest BCUT2D eigenvalue weighted by molar-refractivity contribution is 0.0976. The number of rotatable bonds is 3. The van der Waals surface area contributed by atoms with Crippen LogP contribution in [0.5, 0.6) is 0 Å². The summed E-state index contributed by atoms with van der Waals surface area (Å²) in [5.41, 5.74) is 0.651. The molecule has 0 bridgehead atoms. The number of aryl methyl sites for hydroxylation is 1. The number of hydrogen-bond donors (Lipinski definition) is 0. The van der Waals surface area contributed by atoms with Crippen LogP contribution in [0.15, 0.2) is 12.5 Å². The first-order chi connectivity index (χ1) is 6.25. The third-order valence-electron chi connectivity index (χ3n) is 1.76. The Kier molecular flexibility index (Phi) is 3.27. The van der Waals surface area contributed by atoms with E-state index in [0.717, 1.165) is 0 Å². The molecule has 68 valence electrons. The smallest absolute Gasteiger partial charge is 0.181 e. The Morgan fingerprint density at radius 1 is 1.69 bits per heavy atom.